The molecule has 2 aromatic rings. The Morgan fingerprint density at radius 1 is 1.04 bits per heavy atom. The predicted octanol–water partition coefficient (Wildman–Crippen LogP) is 6.98. The van der Waals surface area contributed by atoms with Crippen LogP contribution in [0.25, 0.3) is 0 Å². The zero-order valence-corrected chi connectivity index (χ0v) is 31.2. The van der Waals surface area contributed by atoms with Crippen molar-refractivity contribution in [2.45, 2.75) is 120 Å². The van der Waals surface area contributed by atoms with E-state index in [0.717, 1.165) is 24.2 Å². The summed E-state index contributed by atoms with van der Waals surface area (Å²) in [7, 11) is -0.454. The topological polar surface area (TPSA) is 72.5 Å². The number of methoxy groups -OCH3 is 1. The van der Waals surface area contributed by atoms with Crippen LogP contribution in [0, 0.1) is 0 Å². The summed E-state index contributed by atoms with van der Waals surface area (Å²) >= 11 is 0.0606. The summed E-state index contributed by atoms with van der Waals surface area (Å²) in [6.45, 7) is 18.1. The first-order valence-electron chi connectivity index (χ1n) is 16.0. The monoisotopic (exact) mass is 704 g/mol. The van der Waals surface area contributed by atoms with E-state index < -0.39 is 19.7 Å². The maximum atomic E-state index is 12.9. The number of rotatable bonds is 13. The van der Waals surface area contributed by atoms with Gasteiger partial charge in [0.15, 0.2) is 0 Å². The molecule has 4 rings (SSSR count). The molecule has 2 fully saturated rings. The molecule has 7 nitrogen and oxygen atoms in total. The summed E-state index contributed by atoms with van der Waals surface area (Å²) in [6, 6.07) is 18.1. The van der Waals surface area contributed by atoms with Gasteiger partial charge in [0.1, 0.15) is 5.75 Å². The van der Waals surface area contributed by atoms with Crippen molar-refractivity contribution in [1.29, 1.82) is 0 Å². The molecule has 1 unspecified atom stereocenters. The van der Waals surface area contributed by atoms with Gasteiger partial charge in [0.05, 0.1) is 13.7 Å². The van der Waals surface area contributed by atoms with Crippen LogP contribution in [0.2, 0.25) is 22.9 Å². The van der Waals surface area contributed by atoms with Gasteiger partial charge >= 0.3 is 186 Å². The Morgan fingerprint density at radius 3 is 2.36 bits per heavy atom. The molecular formula is C36H52O7SeSi. The van der Waals surface area contributed by atoms with E-state index in [9.17, 15) is 4.79 Å². The summed E-state index contributed by atoms with van der Waals surface area (Å²) in [5.41, 5.74) is 0.344. The molecule has 0 aliphatic carbocycles. The minimum Gasteiger partial charge on any atom is -0.0604 e. The SMILES string of the molecule is COc1ccc(COC[C@@H](C[C@H]2OC(C)(C)O[C@]2(C)/C=C/[C@H]2CCC([Se]c3ccccc3)C(=O)O2)O[Si](C)(C)C(C)(C)C)cc1. The van der Waals surface area contributed by atoms with Crippen molar-refractivity contribution in [1.82, 2.24) is 0 Å². The summed E-state index contributed by atoms with van der Waals surface area (Å²) in [5.74, 6) is -0.0637. The van der Waals surface area contributed by atoms with Crippen molar-refractivity contribution >= 4 is 33.7 Å². The first-order chi connectivity index (χ1) is 21.1. The molecular weight excluding hydrogens is 651 g/mol. The fourth-order valence-electron chi connectivity index (χ4n) is 5.44. The molecule has 2 saturated heterocycles. The van der Waals surface area contributed by atoms with Crippen LogP contribution in [-0.4, -0.2) is 72.7 Å². The van der Waals surface area contributed by atoms with Crippen LogP contribution < -0.4 is 9.20 Å². The molecule has 0 radical (unpaired) electrons. The number of benzene rings is 2. The smallest absolute Gasteiger partial charge is 0.0604 e. The second-order valence-electron chi connectivity index (χ2n) is 14.2. The fraction of sp³-hybridized carbons (Fsp3) is 0.583. The van der Waals surface area contributed by atoms with Gasteiger partial charge < -0.3 is 4.74 Å². The van der Waals surface area contributed by atoms with E-state index in [1.807, 2.05) is 68.5 Å². The van der Waals surface area contributed by atoms with Gasteiger partial charge in [-0.25, -0.2) is 0 Å². The number of hydrogen-bond acceptors (Lipinski definition) is 7. The first-order valence-corrected chi connectivity index (χ1v) is 20.7. The van der Waals surface area contributed by atoms with Gasteiger partial charge in [-0.2, -0.15) is 0 Å². The van der Waals surface area contributed by atoms with E-state index in [4.69, 9.17) is 28.1 Å². The summed E-state index contributed by atoms with van der Waals surface area (Å²) < 4.78 is 38.6. The predicted molar refractivity (Wildman–Crippen MR) is 182 cm³/mol. The molecule has 0 amide bonds. The van der Waals surface area contributed by atoms with E-state index in [2.05, 4.69) is 52.9 Å². The van der Waals surface area contributed by atoms with Crippen molar-refractivity contribution in [3.05, 3.63) is 72.3 Å². The Balaban J connectivity index is 1.44. The molecule has 2 aliphatic rings. The third-order valence-corrected chi connectivity index (χ3v) is 16.1. The first kappa shape index (κ1) is 35.9. The Kier molecular flexibility index (Phi) is 11.8. The number of carbonyl (C=O) groups is 1. The second-order valence-corrected chi connectivity index (χ2v) is 21.7. The maximum absolute atomic E-state index is 12.9. The summed E-state index contributed by atoms with van der Waals surface area (Å²) in [5, 5.41) is 0.0429. The zero-order valence-electron chi connectivity index (χ0n) is 28.5. The summed E-state index contributed by atoms with van der Waals surface area (Å²) in [6.07, 6.45) is 5.50. The molecule has 0 saturated carbocycles. The van der Waals surface area contributed by atoms with E-state index >= 15 is 0 Å². The molecule has 0 N–H and O–H groups in total. The van der Waals surface area contributed by atoms with E-state index in [-0.39, 0.29) is 49.1 Å². The van der Waals surface area contributed by atoms with Crippen molar-refractivity contribution < 1.29 is 32.9 Å². The molecule has 5 atom stereocenters. The van der Waals surface area contributed by atoms with Crippen molar-refractivity contribution in [2.75, 3.05) is 13.7 Å². The number of carbonyl (C=O) groups excluding carboxylic acids is 1. The van der Waals surface area contributed by atoms with Gasteiger partial charge in [-0.3, -0.25) is 0 Å². The zero-order chi connectivity index (χ0) is 32.9. The third-order valence-electron chi connectivity index (χ3n) is 8.91. The Morgan fingerprint density at radius 2 is 1.73 bits per heavy atom. The van der Waals surface area contributed by atoms with Gasteiger partial charge in [0, 0.05) is 0 Å². The van der Waals surface area contributed by atoms with Crippen LogP contribution >= 0.6 is 0 Å². The van der Waals surface area contributed by atoms with Crippen LogP contribution in [0.4, 0.5) is 0 Å². The molecule has 248 valence electrons. The van der Waals surface area contributed by atoms with Gasteiger partial charge in [-0.1, -0.05) is 32.9 Å². The van der Waals surface area contributed by atoms with Gasteiger partial charge in [0.2, 0.25) is 0 Å². The molecule has 0 spiro atoms. The Bertz CT molecular complexity index is 1270. The molecule has 2 heterocycles. The molecule has 45 heavy (non-hydrogen) atoms. The van der Waals surface area contributed by atoms with Crippen LogP contribution in [0.5, 0.6) is 5.75 Å². The Hall–Kier alpha value is -1.97. The molecule has 2 aromatic carbocycles. The minimum absolute atomic E-state index is 0.0429. The number of ether oxygens (including phenoxy) is 5. The minimum atomic E-state index is -2.12. The average molecular weight is 704 g/mol. The van der Waals surface area contributed by atoms with Crippen LogP contribution in [-0.2, 0) is 34.8 Å². The number of esters is 1. The van der Waals surface area contributed by atoms with Gasteiger partial charge in [0.25, 0.3) is 0 Å². The van der Waals surface area contributed by atoms with E-state index in [1.54, 1.807) is 7.11 Å². The van der Waals surface area contributed by atoms with Crippen LogP contribution in [0.1, 0.15) is 66.4 Å². The Labute approximate surface area is 277 Å². The van der Waals surface area contributed by atoms with E-state index in [1.165, 1.54) is 4.46 Å². The van der Waals surface area contributed by atoms with E-state index in [0.29, 0.717) is 19.6 Å². The quantitative estimate of drug-likeness (QED) is 0.127. The average Bonchev–Trinajstić information content (AvgIpc) is 3.20. The molecule has 9 heteroatoms. The molecule has 2 aliphatic heterocycles. The molecule has 0 bridgehead atoms. The number of hydrogen-bond donors (Lipinski definition) is 0. The van der Waals surface area contributed by atoms with Crippen molar-refractivity contribution in [3.63, 3.8) is 0 Å². The van der Waals surface area contributed by atoms with Gasteiger partial charge in [-0.05, 0) is 35.8 Å². The second kappa shape index (κ2) is 14.8. The summed E-state index contributed by atoms with van der Waals surface area (Å²) in [4.78, 5) is 12.9. The van der Waals surface area contributed by atoms with Gasteiger partial charge in [-0.15, -0.1) is 0 Å². The number of cyclic esters (lactones) is 1. The fourth-order valence-corrected chi connectivity index (χ4v) is 8.99. The van der Waals surface area contributed by atoms with Crippen LogP contribution in [0.3, 0.4) is 0 Å². The van der Waals surface area contributed by atoms with Crippen molar-refractivity contribution in [3.8, 4) is 5.75 Å². The van der Waals surface area contributed by atoms with Crippen molar-refractivity contribution in [2.24, 2.45) is 0 Å². The third kappa shape index (κ3) is 10.0. The molecule has 0 aromatic heterocycles. The normalized spacial score (nSPS) is 26.2. The standard InChI is InChI=1S/C36H52O7SeSi/c1-34(2,3)45(8,9)42-29(25-39-24-26-15-17-27(38-7)18-16-26)23-32-36(6,43-35(4,5)41-32)22-21-28-19-20-31(33(37)40-28)44-30-13-11-10-12-14-30/h10-18,21-22,28-29,31-32H,19-20,23-25H2,1-9H3/b22-21+/t28-,29-,31?,32-,36-/m1/s1. The van der Waals surface area contributed by atoms with Crippen LogP contribution in [0.15, 0.2) is 66.7 Å².